The van der Waals surface area contributed by atoms with Crippen LogP contribution in [-0.4, -0.2) is 23.7 Å². The summed E-state index contributed by atoms with van der Waals surface area (Å²) in [5.74, 6) is -1.21. The second kappa shape index (κ2) is 7.26. The zero-order valence-electron chi connectivity index (χ0n) is 9.78. The molecule has 18 heavy (non-hydrogen) atoms. The lowest BCUT2D eigenvalue weighted by Gasteiger charge is -2.07. The highest BCUT2D eigenvalue weighted by Crippen LogP contribution is 2.01. The van der Waals surface area contributed by atoms with Crippen LogP contribution in [0.3, 0.4) is 0 Å². The van der Waals surface area contributed by atoms with Gasteiger partial charge in [-0.3, -0.25) is 4.79 Å². The number of carboxylic acid groups (broad SMARTS) is 1. The summed E-state index contributed by atoms with van der Waals surface area (Å²) in [7, 11) is 0. The van der Waals surface area contributed by atoms with Crippen molar-refractivity contribution in [3.05, 3.63) is 35.6 Å². The average Bonchev–Trinajstić information content (AvgIpc) is 2.34. The Morgan fingerprint density at radius 3 is 2.44 bits per heavy atom. The predicted octanol–water partition coefficient (Wildman–Crippen LogP) is 1.49. The van der Waals surface area contributed by atoms with Gasteiger partial charge in [0.1, 0.15) is 5.82 Å². The van der Waals surface area contributed by atoms with Crippen LogP contribution in [0, 0.1) is 5.82 Å². The van der Waals surface area contributed by atoms with E-state index < -0.39 is 5.97 Å². The van der Waals surface area contributed by atoms with Crippen molar-refractivity contribution in [3.63, 3.8) is 0 Å². The molecule has 0 aliphatic heterocycles. The Labute approximate surface area is 104 Å². The molecule has 0 saturated heterocycles. The lowest BCUT2D eigenvalue weighted by molar-refractivity contribution is -0.137. The molecule has 3 N–H and O–H groups in total. The van der Waals surface area contributed by atoms with Gasteiger partial charge in [-0.05, 0) is 24.1 Å². The van der Waals surface area contributed by atoms with Crippen LogP contribution in [0.15, 0.2) is 24.3 Å². The zero-order valence-corrected chi connectivity index (χ0v) is 9.78. The lowest BCUT2D eigenvalue weighted by Crippen LogP contribution is -2.35. The van der Waals surface area contributed by atoms with Crippen molar-refractivity contribution in [2.24, 2.45) is 0 Å². The highest BCUT2D eigenvalue weighted by molar-refractivity contribution is 5.73. The molecular formula is C12H15FN2O3. The number of benzene rings is 1. The smallest absolute Gasteiger partial charge is 0.315 e. The van der Waals surface area contributed by atoms with Crippen LogP contribution in [0.5, 0.6) is 0 Å². The maximum absolute atomic E-state index is 12.6. The minimum absolute atomic E-state index is 0.0260. The number of urea groups is 1. The van der Waals surface area contributed by atoms with E-state index in [0.29, 0.717) is 19.5 Å². The van der Waals surface area contributed by atoms with Crippen LogP contribution in [0.25, 0.3) is 0 Å². The fraction of sp³-hybridized carbons (Fsp3) is 0.333. The minimum Gasteiger partial charge on any atom is -0.481 e. The largest absolute Gasteiger partial charge is 0.481 e. The average molecular weight is 254 g/mol. The van der Waals surface area contributed by atoms with E-state index in [9.17, 15) is 14.0 Å². The van der Waals surface area contributed by atoms with Gasteiger partial charge in [-0.1, -0.05) is 12.1 Å². The Morgan fingerprint density at radius 2 is 1.83 bits per heavy atom. The normalized spacial score (nSPS) is 9.83. The number of rotatable bonds is 6. The quantitative estimate of drug-likeness (QED) is 0.673. The molecule has 0 fully saturated rings. The number of carbonyl (C=O) groups excluding carboxylic acids is 1. The van der Waals surface area contributed by atoms with E-state index in [0.717, 1.165) is 5.56 Å². The summed E-state index contributed by atoms with van der Waals surface area (Å²) >= 11 is 0. The molecule has 0 spiro atoms. The zero-order chi connectivity index (χ0) is 13.4. The standard InChI is InChI=1S/C12H15FN2O3/c13-10-5-3-9(4-6-10)8-15-12(18)14-7-1-2-11(16)17/h3-6H,1-2,7-8H2,(H,16,17)(H2,14,15,18). The van der Waals surface area contributed by atoms with E-state index in [1.165, 1.54) is 12.1 Å². The van der Waals surface area contributed by atoms with Crippen molar-refractivity contribution in [2.45, 2.75) is 19.4 Å². The van der Waals surface area contributed by atoms with E-state index in [-0.39, 0.29) is 18.3 Å². The van der Waals surface area contributed by atoms with Gasteiger partial charge in [-0.15, -0.1) is 0 Å². The summed E-state index contributed by atoms with van der Waals surface area (Å²) in [6.45, 7) is 0.604. The fourth-order valence-electron chi connectivity index (χ4n) is 1.29. The second-order valence-electron chi connectivity index (χ2n) is 3.73. The van der Waals surface area contributed by atoms with E-state index in [2.05, 4.69) is 10.6 Å². The maximum Gasteiger partial charge on any atom is 0.315 e. The molecule has 0 bridgehead atoms. The Kier molecular flexibility index (Phi) is 5.63. The molecule has 0 unspecified atom stereocenters. The molecule has 2 amide bonds. The molecule has 0 atom stereocenters. The van der Waals surface area contributed by atoms with Gasteiger partial charge in [-0.25, -0.2) is 9.18 Å². The van der Waals surface area contributed by atoms with Crippen LogP contribution in [-0.2, 0) is 11.3 Å². The molecule has 0 aromatic heterocycles. The summed E-state index contributed by atoms with van der Waals surface area (Å²) in [6.07, 6.45) is 0.414. The number of hydrogen-bond donors (Lipinski definition) is 3. The number of nitrogens with one attached hydrogen (secondary N) is 2. The Morgan fingerprint density at radius 1 is 1.17 bits per heavy atom. The first-order chi connectivity index (χ1) is 8.58. The lowest BCUT2D eigenvalue weighted by atomic mass is 10.2. The molecule has 1 aromatic carbocycles. The molecule has 5 nitrogen and oxygen atoms in total. The SMILES string of the molecule is O=C(O)CCCNC(=O)NCc1ccc(F)cc1. The van der Waals surface area contributed by atoms with Crippen LogP contribution >= 0.6 is 0 Å². The van der Waals surface area contributed by atoms with Crippen LogP contribution in [0.2, 0.25) is 0 Å². The van der Waals surface area contributed by atoms with Crippen LogP contribution in [0.1, 0.15) is 18.4 Å². The molecule has 1 aromatic rings. The van der Waals surface area contributed by atoms with Crippen LogP contribution < -0.4 is 10.6 Å². The third-order valence-electron chi connectivity index (χ3n) is 2.22. The topological polar surface area (TPSA) is 78.4 Å². The molecule has 98 valence electrons. The monoisotopic (exact) mass is 254 g/mol. The highest BCUT2D eigenvalue weighted by Gasteiger charge is 2.01. The molecule has 0 aliphatic rings. The van der Waals surface area contributed by atoms with E-state index in [1.54, 1.807) is 12.1 Å². The molecule has 0 heterocycles. The third-order valence-corrected chi connectivity index (χ3v) is 2.22. The number of halogens is 1. The maximum atomic E-state index is 12.6. The first kappa shape index (κ1) is 14.0. The number of aliphatic carboxylic acids is 1. The van der Waals surface area contributed by atoms with Crippen molar-refractivity contribution in [1.82, 2.24) is 10.6 Å². The Hall–Kier alpha value is -2.11. The van der Waals surface area contributed by atoms with Crippen molar-refractivity contribution in [3.8, 4) is 0 Å². The third kappa shape index (κ3) is 5.83. The van der Waals surface area contributed by atoms with Crippen molar-refractivity contribution < 1.29 is 19.1 Å². The van der Waals surface area contributed by atoms with Gasteiger partial charge in [0.15, 0.2) is 0 Å². The molecule has 6 heteroatoms. The molecule has 0 radical (unpaired) electrons. The number of amides is 2. The Bertz CT molecular complexity index is 406. The molecule has 0 aliphatic carbocycles. The van der Waals surface area contributed by atoms with Gasteiger partial charge in [-0.2, -0.15) is 0 Å². The summed E-state index contributed by atoms with van der Waals surface area (Å²) in [5, 5.41) is 13.5. The Balaban J connectivity index is 2.17. The van der Waals surface area contributed by atoms with Crippen molar-refractivity contribution >= 4 is 12.0 Å². The van der Waals surface area contributed by atoms with Gasteiger partial charge >= 0.3 is 12.0 Å². The summed E-state index contributed by atoms with van der Waals surface area (Å²) < 4.78 is 12.6. The van der Waals surface area contributed by atoms with Gasteiger partial charge < -0.3 is 15.7 Å². The first-order valence-corrected chi connectivity index (χ1v) is 5.56. The van der Waals surface area contributed by atoms with Gasteiger partial charge in [0.2, 0.25) is 0 Å². The van der Waals surface area contributed by atoms with Crippen LogP contribution in [0.4, 0.5) is 9.18 Å². The number of hydrogen-bond acceptors (Lipinski definition) is 2. The summed E-state index contributed by atoms with van der Waals surface area (Å²) in [6, 6.07) is 5.44. The van der Waals surface area contributed by atoms with E-state index >= 15 is 0 Å². The number of carbonyl (C=O) groups is 2. The van der Waals surface area contributed by atoms with Crippen molar-refractivity contribution in [2.75, 3.05) is 6.54 Å². The second-order valence-corrected chi connectivity index (χ2v) is 3.73. The number of carboxylic acids is 1. The predicted molar refractivity (Wildman–Crippen MR) is 63.5 cm³/mol. The molecule has 1 rings (SSSR count). The summed E-state index contributed by atoms with van der Waals surface area (Å²) in [4.78, 5) is 21.5. The van der Waals surface area contributed by atoms with Gasteiger partial charge in [0, 0.05) is 19.5 Å². The molecular weight excluding hydrogens is 239 g/mol. The van der Waals surface area contributed by atoms with Gasteiger partial charge in [0.05, 0.1) is 0 Å². The highest BCUT2D eigenvalue weighted by atomic mass is 19.1. The van der Waals surface area contributed by atoms with E-state index in [1.807, 2.05) is 0 Å². The molecule has 0 saturated carbocycles. The van der Waals surface area contributed by atoms with Crippen molar-refractivity contribution in [1.29, 1.82) is 0 Å². The van der Waals surface area contributed by atoms with E-state index in [4.69, 9.17) is 5.11 Å². The minimum atomic E-state index is -0.886. The van der Waals surface area contributed by atoms with Gasteiger partial charge in [0.25, 0.3) is 0 Å². The first-order valence-electron chi connectivity index (χ1n) is 5.56. The fourth-order valence-corrected chi connectivity index (χ4v) is 1.29. The summed E-state index contributed by atoms with van der Waals surface area (Å²) in [5.41, 5.74) is 0.789.